The fourth-order valence-electron chi connectivity index (χ4n) is 6.15. The van der Waals surface area contributed by atoms with Gasteiger partial charge < -0.3 is 10.4 Å². The highest BCUT2D eigenvalue weighted by atomic mass is 19.4. The molecule has 0 bridgehead atoms. The Bertz CT molecular complexity index is 1600. The van der Waals surface area contributed by atoms with Crippen LogP contribution in [0, 0.1) is 11.5 Å². The molecular weight excluding hydrogens is 609 g/mol. The number of carbonyl (C=O) groups excluding carboxylic acids is 2. The standard InChI is InChI=1S/C33H32F5N5O3/c1-31(46)17-27(42(19-31)20-39)30(45)43(24-9-7-22(8-10-24)21-5-3-2-4-6-21)28(25-18-40-16-13-26(25)33(36,37)38)29(44)41-23-11-14-32(34,35)15-12-23/h2-10,13,16,18,23,27-28,46H,11-12,14-15,17,19H2,1H3,(H,41,44)/t27-,28?,31-/m1/s1. The zero-order valence-corrected chi connectivity index (χ0v) is 24.8. The number of nitriles is 1. The Hall–Kier alpha value is -4.57. The molecule has 2 aliphatic rings. The van der Waals surface area contributed by atoms with Crippen LogP contribution in [0.3, 0.4) is 0 Å². The van der Waals surface area contributed by atoms with Crippen LogP contribution in [0.15, 0.2) is 73.1 Å². The van der Waals surface area contributed by atoms with Gasteiger partial charge in [-0.1, -0.05) is 42.5 Å². The number of alkyl halides is 5. The number of hydrogen-bond donors (Lipinski definition) is 2. The van der Waals surface area contributed by atoms with Crippen molar-refractivity contribution >= 4 is 17.5 Å². The predicted octanol–water partition coefficient (Wildman–Crippen LogP) is 5.84. The van der Waals surface area contributed by atoms with Gasteiger partial charge in [0.05, 0.1) is 17.7 Å². The fourth-order valence-corrected chi connectivity index (χ4v) is 6.15. The van der Waals surface area contributed by atoms with Gasteiger partial charge in [0.2, 0.25) is 11.8 Å². The molecule has 3 aromatic rings. The third kappa shape index (κ3) is 7.12. The largest absolute Gasteiger partial charge is 0.416 e. The summed E-state index contributed by atoms with van der Waals surface area (Å²) in [6.45, 7) is 1.21. The lowest BCUT2D eigenvalue weighted by molar-refractivity contribution is -0.139. The van der Waals surface area contributed by atoms with E-state index in [0.717, 1.165) is 33.3 Å². The summed E-state index contributed by atoms with van der Waals surface area (Å²) in [7, 11) is 0. The SMILES string of the molecule is C[C@@]1(O)C[C@H](C(=O)N(c2ccc(-c3ccccc3)cc2)C(C(=O)NC2CCC(F)(F)CC2)c2cnccc2C(F)(F)F)N(C#N)C1. The average Bonchev–Trinajstić information content (AvgIpc) is 3.35. The molecule has 8 nitrogen and oxygen atoms in total. The van der Waals surface area contributed by atoms with Gasteiger partial charge in [0.15, 0.2) is 6.19 Å². The van der Waals surface area contributed by atoms with E-state index in [1.165, 1.54) is 19.1 Å². The zero-order chi connectivity index (χ0) is 33.3. The first kappa shape index (κ1) is 32.8. The second-order valence-corrected chi connectivity index (χ2v) is 12.1. The van der Waals surface area contributed by atoms with E-state index in [0.29, 0.717) is 6.07 Å². The van der Waals surface area contributed by atoms with Crippen molar-refractivity contribution < 1.29 is 36.6 Å². The van der Waals surface area contributed by atoms with E-state index >= 15 is 0 Å². The molecule has 2 N–H and O–H groups in total. The normalized spacial score (nSPS) is 22.1. The van der Waals surface area contributed by atoms with Crippen molar-refractivity contribution in [2.24, 2.45) is 0 Å². The first-order valence-electron chi connectivity index (χ1n) is 14.8. The summed E-state index contributed by atoms with van der Waals surface area (Å²) in [5.74, 6) is -4.85. The van der Waals surface area contributed by atoms with Crippen LogP contribution in [0.5, 0.6) is 0 Å². The highest BCUT2D eigenvalue weighted by Gasteiger charge is 2.49. The number of anilines is 1. The summed E-state index contributed by atoms with van der Waals surface area (Å²) in [5.41, 5.74) is -1.74. The van der Waals surface area contributed by atoms with E-state index < -0.39 is 71.6 Å². The summed E-state index contributed by atoms with van der Waals surface area (Å²) in [5, 5.41) is 23.2. The summed E-state index contributed by atoms with van der Waals surface area (Å²) in [6, 6.07) is 12.1. The molecule has 1 unspecified atom stereocenters. The molecule has 2 amide bonds. The second-order valence-electron chi connectivity index (χ2n) is 12.1. The summed E-state index contributed by atoms with van der Waals surface area (Å²) < 4.78 is 71.0. The van der Waals surface area contributed by atoms with Crippen LogP contribution < -0.4 is 10.2 Å². The maximum Gasteiger partial charge on any atom is 0.416 e. The number of hydrogen-bond acceptors (Lipinski definition) is 6. The first-order valence-corrected chi connectivity index (χ1v) is 14.8. The van der Waals surface area contributed by atoms with Crippen molar-refractivity contribution in [2.75, 3.05) is 11.4 Å². The Balaban J connectivity index is 1.65. The minimum Gasteiger partial charge on any atom is -0.388 e. The number of halogens is 5. The third-order valence-electron chi connectivity index (χ3n) is 8.45. The monoisotopic (exact) mass is 641 g/mol. The summed E-state index contributed by atoms with van der Waals surface area (Å²) in [4.78, 5) is 34.4. The Morgan fingerprint density at radius 1 is 1.07 bits per heavy atom. The Kier molecular flexibility index (Phi) is 9.04. The number of benzene rings is 2. The number of aromatic nitrogens is 1. The van der Waals surface area contributed by atoms with Gasteiger partial charge in [-0.15, -0.1) is 0 Å². The zero-order valence-electron chi connectivity index (χ0n) is 24.8. The van der Waals surface area contributed by atoms with Gasteiger partial charge in [-0.3, -0.25) is 24.4 Å². The fraction of sp³-hybridized carbons (Fsp3) is 0.394. The van der Waals surface area contributed by atoms with E-state index in [1.807, 2.05) is 36.5 Å². The minimum atomic E-state index is -4.95. The average molecular weight is 642 g/mol. The van der Waals surface area contributed by atoms with E-state index in [1.54, 1.807) is 12.1 Å². The lowest BCUT2D eigenvalue weighted by Crippen LogP contribution is -2.52. The van der Waals surface area contributed by atoms with Crippen LogP contribution in [0.1, 0.15) is 56.2 Å². The van der Waals surface area contributed by atoms with E-state index in [9.17, 15) is 41.9 Å². The van der Waals surface area contributed by atoms with Crippen molar-refractivity contribution in [3.8, 4) is 17.3 Å². The van der Waals surface area contributed by atoms with Gasteiger partial charge in [-0.25, -0.2) is 8.78 Å². The number of rotatable bonds is 7. The van der Waals surface area contributed by atoms with Crippen LogP contribution in [0.4, 0.5) is 27.6 Å². The number of β-amino-alcohol motifs (C(OH)–C–C–N with tert-alkyl or cyclic N) is 1. The molecule has 5 rings (SSSR count). The molecule has 1 saturated heterocycles. The van der Waals surface area contributed by atoms with E-state index in [4.69, 9.17) is 0 Å². The number of nitrogens with one attached hydrogen (secondary N) is 1. The second kappa shape index (κ2) is 12.7. The maximum absolute atomic E-state index is 14.5. The molecule has 1 aliphatic carbocycles. The quantitative estimate of drug-likeness (QED) is 0.248. The molecular formula is C33H32F5N5O3. The number of pyridine rings is 1. The third-order valence-corrected chi connectivity index (χ3v) is 8.45. The molecule has 1 saturated carbocycles. The van der Waals surface area contributed by atoms with Gasteiger partial charge >= 0.3 is 6.18 Å². The Morgan fingerprint density at radius 3 is 2.30 bits per heavy atom. The summed E-state index contributed by atoms with van der Waals surface area (Å²) in [6.07, 6.45) is -2.80. The van der Waals surface area contributed by atoms with Gasteiger partial charge in [0, 0.05) is 48.9 Å². The van der Waals surface area contributed by atoms with Crippen molar-refractivity contribution in [3.63, 3.8) is 0 Å². The smallest absolute Gasteiger partial charge is 0.388 e. The highest BCUT2D eigenvalue weighted by Crippen LogP contribution is 2.40. The predicted molar refractivity (Wildman–Crippen MR) is 158 cm³/mol. The van der Waals surface area contributed by atoms with Crippen LogP contribution in [-0.4, -0.2) is 57.0 Å². The molecule has 2 heterocycles. The topological polar surface area (TPSA) is 110 Å². The number of amides is 2. The molecule has 46 heavy (non-hydrogen) atoms. The molecule has 0 spiro atoms. The van der Waals surface area contributed by atoms with Gasteiger partial charge in [0.25, 0.3) is 5.91 Å². The molecule has 2 fully saturated rings. The van der Waals surface area contributed by atoms with Gasteiger partial charge in [0.1, 0.15) is 12.1 Å². The Morgan fingerprint density at radius 2 is 1.70 bits per heavy atom. The number of aliphatic hydroxyl groups is 1. The van der Waals surface area contributed by atoms with Crippen LogP contribution >= 0.6 is 0 Å². The van der Waals surface area contributed by atoms with Gasteiger partial charge in [-0.05, 0) is 49.1 Å². The maximum atomic E-state index is 14.5. The molecule has 3 atom stereocenters. The number of likely N-dealkylation sites (tertiary alicyclic amines) is 1. The van der Waals surface area contributed by atoms with E-state index in [-0.39, 0.29) is 31.5 Å². The lowest BCUT2D eigenvalue weighted by atomic mass is 9.91. The van der Waals surface area contributed by atoms with Crippen molar-refractivity contribution in [2.45, 2.75) is 74.9 Å². The highest BCUT2D eigenvalue weighted by molar-refractivity contribution is 6.04. The Labute approximate surface area is 262 Å². The van der Waals surface area contributed by atoms with Crippen molar-refractivity contribution in [1.29, 1.82) is 5.26 Å². The number of carbonyl (C=O) groups is 2. The molecule has 13 heteroatoms. The summed E-state index contributed by atoms with van der Waals surface area (Å²) >= 11 is 0. The molecule has 242 valence electrons. The number of nitrogens with zero attached hydrogens (tertiary/aromatic N) is 4. The first-order chi connectivity index (χ1) is 21.7. The molecule has 2 aromatic carbocycles. The lowest BCUT2D eigenvalue weighted by Gasteiger charge is -2.36. The van der Waals surface area contributed by atoms with Gasteiger partial charge in [-0.2, -0.15) is 18.4 Å². The van der Waals surface area contributed by atoms with Crippen molar-refractivity contribution in [1.82, 2.24) is 15.2 Å². The molecule has 0 radical (unpaired) electrons. The molecule has 1 aromatic heterocycles. The van der Waals surface area contributed by atoms with Crippen LogP contribution in [0.25, 0.3) is 11.1 Å². The van der Waals surface area contributed by atoms with Crippen LogP contribution in [0.2, 0.25) is 0 Å². The van der Waals surface area contributed by atoms with Crippen molar-refractivity contribution in [3.05, 3.63) is 84.2 Å². The molecule has 1 aliphatic heterocycles. The van der Waals surface area contributed by atoms with Crippen LogP contribution in [-0.2, 0) is 15.8 Å². The van der Waals surface area contributed by atoms with E-state index in [2.05, 4.69) is 10.3 Å². The minimum absolute atomic E-state index is 0.0430.